The predicted octanol–water partition coefficient (Wildman–Crippen LogP) is 6.52. The van der Waals surface area contributed by atoms with Crippen molar-refractivity contribution in [3.05, 3.63) is 95.9 Å². The molecule has 3 heterocycles. The van der Waals surface area contributed by atoms with E-state index >= 15 is 0 Å². The lowest BCUT2D eigenvalue weighted by molar-refractivity contribution is -0.0435. The fourth-order valence-corrected chi connectivity index (χ4v) is 10.3. The van der Waals surface area contributed by atoms with E-state index in [1.807, 2.05) is 74.4 Å². The van der Waals surface area contributed by atoms with Crippen LogP contribution in [0.25, 0.3) is 0 Å². The van der Waals surface area contributed by atoms with Gasteiger partial charge in [-0.15, -0.1) is 11.8 Å². The van der Waals surface area contributed by atoms with Crippen LogP contribution in [0.1, 0.15) is 43.0 Å². The molecule has 0 aliphatic carbocycles. The minimum absolute atomic E-state index is 0.0107. The standard InChI is InChI=1S/C40H50F3N7O5S3/c1-4-55-37-13-9-8-10-29(37)25-49-21-17-31(18-22-49)50-23-19-34-36(26-50)44-28-45-39(34)47-58(53,54)33-14-15-35(38(24-33)57(51,52)40(41,42)43)46-30(16-20-48(2)3)27-56-32-11-6-5-7-12-32/h5-15,24,28,30-31,46H,4,16-23,25-27H2,1-3H3,(H,44,45,47)/t30-/m1/s1. The topological polar surface area (TPSA) is 137 Å². The number of para-hydroxylation sites is 1. The number of nitrogens with one attached hydrogen (secondary N) is 2. The van der Waals surface area contributed by atoms with Gasteiger partial charge in [0.15, 0.2) is 0 Å². The number of likely N-dealkylation sites (tertiary alicyclic amines) is 1. The van der Waals surface area contributed by atoms with Crippen LogP contribution in [0.15, 0.2) is 93.8 Å². The van der Waals surface area contributed by atoms with Crippen LogP contribution in [-0.4, -0.2) is 112 Å². The van der Waals surface area contributed by atoms with Gasteiger partial charge < -0.3 is 15.0 Å². The van der Waals surface area contributed by atoms with Crippen molar-refractivity contribution in [2.75, 3.05) is 62.7 Å². The van der Waals surface area contributed by atoms with E-state index in [9.17, 15) is 30.0 Å². The molecule has 18 heteroatoms. The van der Waals surface area contributed by atoms with Crippen molar-refractivity contribution in [2.24, 2.45) is 0 Å². The molecule has 0 spiro atoms. The van der Waals surface area contributed by atoms with E-state index in [-0.39, 0.29) is 11.5 Å². The van der Waals surface area contributed by atoms with Crippen LogP contribution in [0.5, 0.6) is 5.75 Å². The largest absolute Gasteiger partial charge is 0.501 e. The molecular weight excluding hydrogens is 812 g/mol. The molecule has 1 aromatic heterocycles. The number of benzene rings is 3. The highest BCUT2D eigenvalue weighted by atomic mass is 32.2. The van der Waals surface area contributed by atoms with E-state index in [0.29, 0.717) is 68.2 Å². The number of alkyl halides is 3. The number of piperidine rings is 1. The third-order valence-corrected chi connectivity index (χ3v) is 14.4. The molecule has 0 radical (unpaired) electrons. The van der Waals surface area contributed by atoms with Gasteiger partial charge in [-0.3, -0.25) is 14.5 Å². The Morgan fingerprint density at radius 3 is 2.40 bits per heavy atom. The molecule has 0 amide bonds. The van der Waals surface area contributed by atoms with E-state index in [4.69, 9.17) is 4.74 Å². The molecule has 0 saturated carbocycles. The second-order valence-corrected chi connectivity index (χ2v) is 19.4. The number of ether oxygens (including phenoxy) is 1. The lowest BCUT2D eigenvalue weighted by Gasteiger charge is -2.40. The second-order valence-electron chi connectivity index (χ2n) is 14.7. The van der Waals surface area contributed by atoms with Crippen molar-refractivity contribution in [3.63, 3.8) is 0 Å². The van der Waals surface area contributed by atoms with Gasteiger partial charge in [-0.25, -0.2) is 26.8 Å². The Bertz CT molecular complexity index is 2220. The molecule has 314 valence electrons. The number of sulfone groups is 1. The van der Waals surface area contributed by atoms with E-state index < -0.39 is 41.2 Å². The molecule has 1 fully saturated rings. The first-order valence-corrected chi connectivity index (χ1v) is 23.2. The van der Waals surface area contributed by atoms with Crippen molar-refractivity contribution in [1.29, 1.82) is 0 Å². The molecule has 1 atom stereocenters. The van der Waals surface area contributed by atoms with Gasteiger partial charge in [0.25, 0.3) is 19.9 Å². The summed E-state index contributed by atoms with van der Waals surface area (Å²) in [5.41, 5.74) is -3.61. The van der Waals surface area contributed by atoms with E-state index in [1.54, 1.807) is 0 Å². The number of thioether (sulfide) groups is 1. The summed E-state index contributed by atoms with van der Waals surface area (Å²) in [4.78, 5) is 14.5. The second kappa shape index (κ2) is 19.0. The molecule has 1 saturated heterocycles. The van der Waals surface area contributed by atoms with Gasteiger partial charge in [-0.1, -0.05) is 36.4 Å². The highest BCUT2D eigenvalue weighted by molar-refractivity contribution is 7.99. The quantitative estimate of drug-likeness (QED) is 0.112. The highest BCUT2D eigenvalue weighted by Gasteiger charge is 2.48. The Balaban J connectivity index is 1.17. The molecule has 3 aromatic carbocycles. The van der Waals surface area contributed by atoms with E-state index in [2.05, 4.69) is 35.9 Å². The summed E-state index contributed by atoms with van der Waals surface area (Å²) in [7, 11) is -6.86. The van der Waals surface area contributed by atoms with Crippen LogP contribution in [0.2, 0.25) is 0 Å². The smallest absolute Gasteiger partial charge is 0.494 e. The molecule has 4 aromatic rings. The number of anilines is 2. The first kappa shape index (κ1) is 43.6. The number of hydrogen-bond donors (Lipinski definition) is 2. The van der Waals surface area contributed by atoms with Gasteiger partial charge in [0.2, 0.25) is 0 Å². The normalized spacial score (nSPS) is 16.5. The summed E-state index contributed by atoms with van der Waals surface area (Å²) in [5.74, 6) is 1.32. The predicted molar refractivity (Wildman–Crippen MR) is 220 cm³/mol. The monoisotopic (exact) mass is 861 g/mol. The maximum Gasteiger partial charge on any atom is 0.501 e. The maximum absolute atomic E-state index is 14.1. The minimum Gasteiger partial charge on any atom is -0.494 e. The van der Waals surface area contributed by atoms with Crippen molar-refractivity contribution in [3.8, 4) is 5.75 Å². The molecule has 0 unspecified atom stereocenters. The zero-order valence-corrected chi connectivity index (χ0v) is 35.2. The molecule has 6 rings (SSSR count). The Labute approximate surface area is 343 Å². The maximum atomic E-state index is 14.1. The zero-order chi connectivity index (χ0) is 41.5. The Morgan fingerprint density at radius 2 is 1.69 bits per heavy atom. The van der Waals surface area contributed by atoms with Crippen LogP contribution in [0.4, 0.5) is 24.7 Å². The van der Waals surface area contributed by atoms with Gasteiger partial charge in [0.05, 0.1) is 22.9 Å². The summed E-state index contributed by atoms with van der Waals surface area (Å²) < 4.78 is 104. The van der Waals surface area contributed by atoms with Gasteiger partial charge in [0.1, 0.15) is 22.8 Å². The molecule has 2 N–H and O–H groups in total. The Morgan fingerprint density at radius 1 is 0.966 bits per heavy atom. The number of nitrogens with zero attached hydrogens (tertiary/aromatic N) is 5. The van der Waals surface area contributed by atoms with Crippen LogP contribution in [-0.2, 0) is 39.4 Å². The zero-order valence-electron chi connectivity index (χ0n) is 32.8. The SMILES string of the molecule is CCOc1ccccc1CN1CCC(N2CCc3c(ncnc3NS(=O)(=O)c3ccc(N[C@H](CCN(C)C)CSc4ccccc4)c(S(=O)(=O)C(F)(F)F)c3)C2)CC1. The molecule has 0 bridgehead atoms. The third kappa shape index (κ3) is 10.8. The van der Waals surface area contributed by atoms with Gasteiger partial charge in [0, 0.05) is 53.5 Å². The van der Waals surface area contributed by atoms with Crippen LogP contribution >= 0.6 is 11.8 Å². The van der Waals surface area contributed by atoms with Crippen LogP contribution in [0, 0.1) is 0 Å². The van der Waals surface area contributed by atoms with Crippen molar-refractivity contribution < 1.29 is 34.7 Å². The molecule has 58 heavy (non-hydrogen) atoms. The third-order valence-electron chi connectivity index (χ3n) is 10.3. The number of aromatic nitrogens is 2. The van der Waals surface area contributed by atoms with E-state index in [0.717, 1.165) is 60.8 Å². The number of sulfonamides is 1. The molecule has 2 aliphatic heterocycles. The van der Waals surface area contributed by atoms with Crippen LogP contribution < -0.4 is 14.8 Å². The van der Waals surface area contributed by atoms with Gasteiger partial charge in [-0.2, -0.15) is 13.2 Å². The summed E-state index contributed by atoms with van der Waals surface area (Å²) in [5, 5.41) is 3.00. The number of fused-ring (bicyclic) bond motifs is 1. The molecular formula is C40H50F3N7O5S3. The average molecular weight is 862 g/mol. The first-order valence-electron chi connectivity index (χ1n) is 19.2. The number of rotatable bonds is 17. The Kier molecular flexibility index (Phi) is 14.3. The molecule has 2 aliphatic rings. The lowest BCUT2D eigenvalue weighted by atomic mass is 9.98. The average Bonchev–Trinajstić information content (AvgIpc) is 3.19. The summed E-state index contributed by atoms with van der Waals surface area (Å²) in [6.07, 6.45) is 4.08. The Hall–Kier alpha value is -3.94. The van der Waals surface area contributed by atoms with E-state index in [1.165, 1.54) is 18.1 Å². The van der Waals surface area contributed by atoms with Crippen molar-refractivity contribution in [1.82, 2.24) is 24.7 Å². The van der Waals surface area contributed by atoms with Crippen LogP contribution in [0.3, 0.4) is 0 Å². The summed E-state index contributed by atoms with van der Waals surface area (Å²) in [6, 6.07) is 20.1. The fourth-order valence-electron chi connectivity index (χ4n) is 7.26. The lowest BCUT2D eigenvalue weighted by Crippen LogP contribution is -2.46. The minimum atomic E-state index is -5.97. The van der Waals surface area contributed by atoms with Gasteiger partial charge in [-0.05, 0) is 103 Å². The first-order chi connectivity index (χ1) is 27.6. The van der Waals surface area contributed by atoms with Gasteiger partial charge >= 0.3 is 5.51 Å². The fraction of sp³-hybridized carbons (Fsp3) is 0.450. The number of halogens is 3. The molecule has 12 nitrogen and oxygen atoms in total. The number of hydrogen-bond acceptors (Lipinski definition) is 12. The summed E-state index contributed by atoms with van der Waals surface area (Å²) in [6.45, 7) is 6.89. The summed E-state index contributed by atoms with van der Waals surface area (Å²) >= 11 is 1.47. The van der Waals surface area contributed by atoms with Crippen molar-refractivity contribution in [2.45, 2.75) is 78.0 Å². The van der Waals surface area contributed by atoms with Crippen molar-refractivity contribution >= 4 is 43.1 Å². The highest BCUT2D eigenvalue weighted by Crippen LogP contribution is 2.37.